The number of rotatable bonds is 2. The molecule has 0 aliphatic carbocycles. The zero-order valence-corrected chi connectivity index (χ0v) is 8.42. The summed E-state index contributed by atoms with van der Waals surface area (Å²) < 4.78 is 11.2. The van der Waals surface area contributed by atoms with E-state index in [1.807, 2.05) is 0 Å². The van der Waals surface area contributed by atoms with Crippen molar-refractivity contribution in [3.8, 4) is 0 Å². The van der Waals surface area contributed by atoms with E-state index < -0.39 is 10.8 Å². The summed E-state index contributed by atoms with van der Waals surface area (Å²) in [6, 6.07) is 0. The van der Waals surface area contributed by atoms with Crippen molar-refractivity contribution in [2.45, 2.75) is 30.3 Å². The molecular formula is C8H14OS2. The number of hydrogen-bond donors (Lipinski definition) is 0. The molecule has 2 heterocycles. The van der Waals surface area contributed by atoms with Crippen molar-refractivity contribution in [3.63, 3.8) is 0 Å². The van der Waals surface area contributed by atoms with Crippen LogP contribution in [0.3, 0.4) is 0 Å². The second-order valence-corrected chi connectivity index (χ2v) is 6.59. The molecule has 2 fully saturated rings. The topological polar surface area (TPSA) is 17.1 Å². The van der Waals surface area contributed by atoms with Crippen LogP contribution in [-0.4, -0.2) is 26.2 Å². The van der Waals surface area contributed by atoms with Gasteiger partial charge in [0.15, 0.2) is 0 Å². The molecule has 0 aromatic carbocycles. The first kappa shape index (κ1) is 8.11. The lowest BCUT2D eigenvalue weighted by atomic mass is 9.98. The van der Waals surface area contributed by atoms with Crippen LogP contribution in [0, 0.1) is 5.92 Å². The fraction of sp³-hybridized carbons (Fsp3) is 1.00. The van der Waals surface area contributed by atoms with E-state index >= 15 is 0 Å². The molecule has 2 aliphatic rings. The van der Waals surface area contributed by atoms with Crippen LogP contribution >= 0.6 is 11.8 Å². The van der Waals surface area contributed by atoms with Crippen LogP contribution in [0.25, 0.3) is 0 Å². The van der Waals surface area contributed by atoms with E-state index in [0.29, 0.717) is 11.2 Å². The van der Waals surface area contributed by atoms with Gasteiger partial charge in [0, 0.05) is 27.1 Å². The molecule has 1 nitrogen and oxygen atoms in total. The molecule has 4 atom stereocenters. The number of hydrogen-bond acceptors (Lipinski definition) is 2. The van der Waals surface area contributed by atoms with Gasteiger partial charge in [-0.3, -0.25) is 4.21 Å². The predicted octanol–water partition coefficient (Wildman–Crippen LogP) is 1.65. The van der Waals surface area contributed by atoms with Gasteiger partial charge in [0.25, 0.3) is 0 Å². The lowest BCUT2D eigenvalue weighted by Gasteiger charge is -2.39. The zero-order chi connectivity index (χ0) is 7.84. The molecule has 2 saturated heterocycles. The quantitative estimate of drug-likeness (QED) is 0.658. The average molecular weight is 190 g/mol. The maximum Gasteiger partial charge on any atom is 0.0392 e. The molecule has 0 aromatic heterocycles. The summed E-state index contributed by atoms with van der Waals surface area (Å²) in [7, 11) is -0.461. The maximum atomic E-state index is 11.2. The van der Waals surface area contributed by atoms with Crippen LogP contribution in [-0.2, 0) is 10.8 Å². The molecule has 0 saturated carbocycles. The van der Waals surface area contributed by atoms with E-state index in [2.05, 4.69) is 18.7 Å². The smallest absolute Gasteiger partial charge is 0.0392 e. The second-order valence-electron chi connectivity index (χ2n) is 3.47. The Morgan fingerprint density at radius 1 is 1.55 bits per heavy atom. The van der Waals surface area contributed by atoms with Crippen LogP contribution in [0.5, 0.6) is 0 Å². The van der Waals surface area contributed by atoms with E-state index in [9.17, 15) is 4.21 Å². The second kappa shape index (κ2) is 3.09. The minimum absolute atomic E-state index is 0.461. The van der Waals surface area contributed by atoms with Gasteiger partial charge in [-0.25, -0.2) is 0 Å². The Balaban J connectivity index is 1.88. The summed E-state index contributed by atoms with van der Waals surface area (Å²) in [6.45, 7) is 2.28. The number of thioether (sulfide) groups is 1. The van der Waals surface area contributed by atoms with Crippen molar-refractivity contribution >= 4 is 22.6 Å². The van der Waals surface area contributed by atoms with Gasteiger partial charge in [-0.05, 0) is 24.5 Å². The van der Waals surface area contributed by atoms with Crippen molar-refractivity contribution in [3.05, 3.63) is 0 Å². The molecule has 0 amide bonds. The van der Waals surface area contributed by atoms with Gasteiger partial charge >= 0.3 is 0 Å². The fourth-order valence-corrected chi connectivity index (χ4v) is 4.23. The van der Waals surface area contributed by atoms with Crippen LogP contribution in [0.1, 0.15) is 19.8 Å². The van der Waals surface area contributed by atoms with Gasteiger partial charge in [0.2, 0.25) is 0 Å². The Labute approximate surface area is 74.8 Å². The third kappa shape index (κ3) is 1.37. The maximum absolute atomic E-state index is 11.2. The Morgan fingerprint density at radius 3 is 2.55 bits per heavy atom. The van der Waals surface area contributed by atoms with Crippen LogP contribution < -0.4 is 0 Å². The summed E-state index contributed by atoms with van der Waals surface area (Å²) in [6.07, 6.45) is 2.57. The van der Waals surface area contributed by atoms with Crippen LogP contribution in [0.4, 0.5) is 0 Å². The van der Waals surface area contributed by atoms with Crippen LogP contribution in [0.15, 0.2) is 0 Å². The molecule has 3 heteroatoms. The monoisotopic (exact) mass is 190 g/mol. The molecule has 2 rings (SSSR count). The molecule has 4 unspecified atom stereocenters. The molecule has 0 radical (unpaired) electrons. The third-order valence-corrected chi connectivity index (χ3v) is 6.39. The SMILES string of the molecule is CC(C1CCS1)C1CCS1=O. The Hall–Kier alpha value is 0.500. The van der Waals surface area contributed by atoms with Crippen molar-refractivity contribution in [2.75, 3.05) is 11.5 Å². The highest BCUT2D eigenvalue weighted by Crippen LogP contribution is 2.39. The summed E-state index contributed by atoms with van der Waals surface area (Å²) in [5.74, 6) is 3.00. The highest BCUT2D eigenvalue weighted by Gasteiger charge is 2.38. The summed E-state index contributed by atoms with van der Waals surface area (Å²) in [4.78, 5) is 0. The summed E-state index contributed by atoms with van der Waals surface area (Å²) >= 11 is 2.06. The molecule has 0 N–H and O–H groups in total. The minimum Gasteiger partial charge on any atom is -0.259 e. The van der Waals surface area contributed by atoms with Crippen molar-refractivity contribution < 1.29 is 4.21 Å². The van der Waals surface area contributed by atoms with Gasteiger partial charge in [0.05, 0.1) is 0 Å². The zero-order valence-electron chi connectivity index (χ0n) is 6.79. The first-order chi connectivity index (χ1) is 5.29. The first-order valence-electron chi connectivity index (χ1n) is 4.28. The van der Waals surface area contributed by atoms with Crippen LogP contribution in [0.2, 0.25) is 0 Å². The minimum atomic E-state index is -0.461. The van der Waals surface area contributed by atoms with Gasteiger partial charge in [-0.2, -0.15) is 11.8 Å². The van der Waals surface area contributed by atoms with Crippen molar-refractivity contribution in [1.29, 1.82) is 0 Å². The van der Waals surface area contributed by atoms with E-state index in [1.54, 1.807) is 0 Å². The van der Waals surface area contributed by atoms with E-state index in [4.69, 9.17) is 0 Å². The van der Waals surface area contributed by atoms with Gasteiger partial charge in [-0.1, -0.05) is 6.92 Å². The standard InChI is InChI=1S/C8H14OS2/c1-6(7-2-4-10-7)8-3-5-11(8)9/h6-8H,2-5H2,1H3. The largest absolute Gasteiger partial charge is 0.259 e. The van der Waals surface area contributed by atoms with E-state index in [1.165, 1.54) is 18.6 Å². The first-order valence-corrected chi connectivity index (χ1v) is 6.71. The Bertz CT molecular complexity index is 177. The summed E-state index contributed by atoms with van der Waals surface area (Å²) in [5, 5.41) is 1.39. The highest BCUT2D eigenvalue weighted by molar-refractivity contribution is 8.01. The van der Waals surface area contributed by atoms with Gasteiger partial charge in [0.1, 0.15) is 0 Å². The lowest BCUT2D eigenvalue weighted by molar-refractivity contribution is 0.464. The molecule has 64 valence electrons. The molecule has 2 aliphatic heterocycles. The van der Waals surface area contributed by atoms with Gasteiger partial charge < -0.3 is 0 Å². The highest BCUT2D eigenvalue weighted by atomic mass is 32.2. The fourth-order valence-electron chi connectivity index (χ4n) is 1.76. The molecule has 0 aromatic rings. The third-order valence-electron chi connectivity index (χ3n) is 2.85. The van der Waals surface area contributed by atoms with E-state index in [-0.39, 0.29) is 0 Å². The lowest BCUT2D eigenvalue weighted by Crippen LogP contribution is -2.42. The summed E-state index contributed by atoms with van der Waals surface area (Å²) in [5.41, 5.74) is 0. The normalized spacial score (nSPS) is 45.7. The Morgan fingerprint density at radius 2 is 2.27 bits per heavy atom. The van der Waals surface area contributed by atoms with Gasteiger partial charge in [-0.15, -0.1) is 0 Å². The molecule has 0 bridgehead atoms. The molecule has 11 heavy (non-hydrogen) atoms. The average Bonchev–Trinajstić information content (AvgIpc) is 1.80. The van der Waals surface area contributed by atoms with Crippen molar-refractivity contribution in [2.24, 2.45) is 5.92 Å². The molecule has 0 spiro atoms. The predicted molar refractivity (Wildman–Crippen MR) is 51.4 cm³/mol. The van der Waals surface area contributed by atoms with Crippen molar-refractivity contribution in [1.82, 2.24) is 0 Å². The Kier molecular flexibility index (Phi) is 2.28. The van der Waals surface area contributed by atoms with E-state index in [0.717, 1.165) is 11.0 Å². The molecular weight excluding hydrogens is 176 g/mol.